The molecule has 0 fully saturated rings. The van der Waals surface area contributed by atoms with E-state index in [-0.39, 0.29) is 0 Å². The lowest BCUT2D eigenvalue weighted by Gasteiger charge is -2.09. The highest BCUT2D eigenvalue weighted by molar-refractivity contribution is 7.25. The molecule has 0 aliphatic heterocycles. The molecule has 0 aliphatic carbocycles. The van der Waals surface area contributed by atoms with E-state index >= 15 is 0 Å². The van der Waals surface area contributed by atoms with E-state index in [1.165, 1.54) is 91.8 Å². The summed E-state index contributed by atoms with van der Waals surface area (Å²) in [5.74, 6) is 0. The monoisotopic (exact) mass is 487 g/mol. The zero-order valence-corrected chi connectivity index (χ0v) is 21.9. The van der Waals surface area contributed by atoms with Crippen LogP contribution in [-0.2, 0) is 6.42 Å². The van der Waals surface area contributed by atoms with Crippen LogP contribution in [-0.4, -0.2) is 4.57 Å². The number of thiophene rings is 1. The van der Waals surface area contributed by atoms with E-state index in [9.17, 15) is 0 Å². The second-order valence-corrected chi connectivity index (χ2v) is 11.0. The van der Waals surface area contributed by atoms with Gasteiger partial charge in [-0.3, -0.25) is 0 Å². The Morgan fingerprint density at radius 2 is 1.47 bits per heavy atom. The number of aryl methyl sites for hydroxylation is 1. The number of benzene rings is 4. The summed E-state index contributed by atoms with van der Waals surface area (Å²) < 4.78 is 5.17. The summed E-state index contributed by atoms with van der Waals surface area (Å²) in [5.41, 5.74) is 6.36. The van der Waals surface area contributed by atoms with Crippen molar-refractivity contribution in [2.45, 2.75) is 51.9 Å². The van der Waals surface area contributed by atoms with Gasteiger partial charge in [0.1, 0.15) is 0 Å². The van der Waals surface area contributed by atoms with Crippen LogP contribution in [0.15, 0.2) is 85.4 Å². The average molecular weight is 488 g/mol. The van der Waals surface area contributed by atoms with Gasteiger partial charge < -0.3 is 4.57 Å². The molecule has 0 atom stereocenters. The lowest BCUT2D eigenvalue weighted by atomic mass is 10.0. The SMILES string of the molecule is C=Cc1ccc(-n2c3ccc(CCCCCCCC)cc3c3cc4sc5ccccc5c4cc32)cc1. The molecular weight excluding hydrogens is 454 g/mol. The number of hydrogen-bond donors (Lipinski definition) is 0. The molecule has 6 aromatic rings. The van der Waals surface area contributed by atoms with Crippen LogP contribution in [0.25, 0.3) is 53.7 Å². The summed E-state index contributed by atoms with van der Waals surface area (Å²) >= 11 is 1.90. The summed E-state index contributed by atoms with van der Waals surface area (Å²) in [7, 11) is 0. The van der Waals surface area contributed by atoms with Gasteiger partial charge in [0.15, 0.2) is 0 Å². The van der Waals surface area contributed by atoms with Gasteiger partial charge in [-0.2, -0.15) is 0 Å². The molecule has 0 spiro atoms. The lowest BCUT2D eigenvalue weighted by molar-refractivity contribution is 0.607. The van der Waals surface area contributed by atoms with Crippen LogP contribution in [0.1, 0.15) is 56.6 Å². The lowest BCUT2D eigenvalue weighted by Crippen LogP contribution is -1.94. The largest absolute Gasteiger partial charge is 0.309 e. The Balaban J connectivity index is 1.50. The van der Waals surface area contributed by atoms with Crippen LogP contribution in [0.4, 0.5) is 0 Å². The number of hydrogen-bond acceptors (Lipinski definition) is 1. The fourth-order valence-corrected chi connectivity index (χ4v) is 6.71. The normalized spacial score (nSPS) is 11.8. The van der Waals surface area contributed by atoms with Gasteiger partial charge in [0.25, 0.3) is 0 Å². The topological polar surface area (TPSA) is 4.93 Å². The minimum absolute atomic E-state index is 1.15. The summed E-state index contributed by atoms with van der Waals surface area (Å²) in [6, 6.07) is 29.5. The van der Waals surface area contributed by atoms with Crippen molar-refractivity contribution in [2.24, 2.45) is 0 Å². The van der Waals surface area contributed by atoms with E-state index in [2.05, 4.69) is 96.9 Å². The van der Waals surface area contributed by atoms with Gasteiger partial charge in [0.2, 0.25) is 0 Å². The van der Waals surface area contributed by atoms with Crippen LogP contribution >= 0.6 is 11.3 Å². The van der Waals surface area contributed by atoms with Crippen molar-refractivity contribution < 1.29 is 0 Å². The van der Waals surface area contributed by atoms with Gasteiger partial charge in [0, 0.05) is 36.6 Å². The standard InChI is InChI=1S/C34H33NS/c1-3-5-6-7-8-9-12-25-17-20-31-28(21-25)29-23-34-30(27-13-10-11-14-33(27)36-34)22-32(29)35(31)26-18-15-24(4-2)16-19-26/h4,10-11,13-23H,2-3,5-9,12H2,1H3. The van der Waals surface area contributed by atoms with Gasteiger partial charge in [0.05, 0.1) is 11.0 Å². The molecule has 0 aliphatic rings. The number of unbranched alkanes of at least 4 members (excludes halogenated alkanes) is 5. The Morgan fingerprint density at radius 3 is 2.31 bits per heavy atom. The van der Waals surface area contributed by atoms with E-state index in [4.69, 9.17) is 0 Å². The molecule has 36 heavy (non-hydrogen) atoms. The van der Waals surface area contributed by atoms with Gasteiger partial charge in [-0.25, -0.2) is 0 Å². The van der Waals surface area contributed by atoms with Crippen molar-refractivity contribution in [1.29, 1.82) is 0 Å². The van der Waals surface area contributed by atoms with Crippen molar-refractivity contribution in [3.63, 3.8) is 0 Å². The number of rotatable bonds is 9. The zero-order chi connectivity index (χ0) is 24.5. The third-order valence-electron chi connectivity index (χ3n) is 7.53. The van der Waals surface area contributed by atoms with Crippen LogP contribution in [0, 0.1) is 0 Å². The molecular formula is C34H33NS. The first-order valence-electron chi connectivity index (χ1n) is 13.4. The highest BCUT2D eigenvalue weighted by Crippen LogP contribution is 2.40. The van der Waals surface area contributed by atoms with Crippen molar-refractivity contribution in [1.82, 2.24) is 4.57 Å². The Bertz CT molecular complexity index is 1680. The van der Waals surface area contributed by atoms with Crippen LogP contribution < -0.4 is 0 Å². The number of fused-ring (bicyclic) bond motifs is 6. The van der Waals surface area contributed by atoms with Crippen LogP contribution in [0.3, 0.4) is 0 Å². The fraction of sp³-hybridized carbons (Fsp3) is 0.235. The highest BCUT2D eigenvalue weighted by Gasteiger charge is 2.16. The average Bonchev–Trinajstić information content (AvgIpc) is 3.44. The molecule has 0 radical (unpaired) electrons. The maximum atomic E-state index is 3.93. The highest BCUT2D eigenvalue weighted by atomic mass is 32.1. The first-order valence-corrected chi connectivity index (χ1v) is 14.2. The molecule has 180 valence electrons. The van der Waals surface area contributed by atoms with Crippen molar-refractivity contribution in [2.75, 3.05) is 0 Å². The van der Waals surface area contributed by atoms with Crippen LogP contribution in [0.5, 0.6) is 0 Å². The summed E-state index contributed by atoms with van der Waals surface area (Å²) in [6.07, 6.45) is 11.1. The van der Waals surface area contributed by atoms with E-state index in [1.807, 2.05) is 17.4 Å². The van der Waals surface area contributed by atoms with Crippen LogP contribution in [0.2, 0.25) is 0 Å². The number of aromatic nitrogens is 1. The third kappa shape index (κ3) is 4.14. The molecule has 2 heteroatoms. The molecule has 0 N–H and O–H groups in total. The first kappa shape index (κ1) is 23.1. The summed E-state index contributed by atoms with van der Waals surface area (Å²) in [4.78, 5) is 0. The second kappa shape index (κ2) is 9.95. The van der Waals surface area contributed by atoms with Gasteiger partial charge >= 0.3 is 0 Å². The van der Waals surface area contributed by atoms with E-state index in [0.717, 1.165) is 12.0 Å². The molecule has 1 nitrogen and oxygen atoms in total. The van der Waals surface area contributed by atoms with Gasteiger partial charge in [-0.05, 0) is 66.4 Å². The molecule has 6 rings (SSSR count). The van der Waals surface area contributed by atoms with Gasteiger partial charge in [-0.1, -0.05) is 88.1 Å². The molecule has 2 heterocycles. The minimum atomic E-state index is 1.15. The van der Waals surface area contributed by atoms with E-state index in [0.29, 0.717) is 0 Å². The number of nitrogens with zero attached hydrogens (tertiary/aromatic N) is 1. The molecule has 2 aromatic heterocycles. The molecule has 0 saturated carbocycles. The summed E-state index contributed by atoms with van der Waals surface area (Å²) in [5, 5.41) is 5.41. The quantitative estimate of drug-likeness (QED) is 0.179. The molecule has 0 saturated heterocycles. The van der Waals surface area contributed by atoms with Crippen molar-refractivity contribution in [3.05, 3.63) is 96.6 Å². The Morgan fingerprint density at radius 1 is 0.694 bits per heavy atom. The smallest absolute Gasteiger partial charge is 0.0548 e. The maximum Gasteiger partial charge on any atom is 0.0548 e. The Hall–Kier alpha value is -3.36. The third-order valence-corrected chi connectivity index (χ3v) is 8.67. The minimum Gasteiger partial charge on any atom is -0.309 e. The van der Waals surface area contributed by atoms with Gasteiger partial charge in [-0.15, -0.1) is 11.3 Å². The predicted molar refractivity (Wildman–Crippen MR) is 161 cm³/mol. The zero-order valence-electron chi connectivity index (χ0n) is 21.1. The van der Waals surface area contributed by atoms with E-state index in [1.54, 1.807) is 0 Å². The molecule has 0 unspecified atom stereocenters. The summed E-state index contributed by atoms with van der Waals surface area (Å²) in [6.45, 7) is 6.21. The molecule has 4 aromatic carbocycles. The Kier molecular flexibility index (Phi) is 6.37. The molecule has 0 amide bonds. The Labute approximate surface area is 217 Å². The fourth-order valence-electron chi connectivity index (χ4n) is 5.59. The predicted octanol–water partition coefficient (Wildman–Crippen LogP) is 10.7. The van der Waals surface area contributed by atoms with E-state index < -0.39 is 0 Å². The maximum absolute atomic E-state index is 3.93. The van der Waals surface area contributed by atoms with Crippen molar-refractivity contribution in [3.8, 4) is 5.69 Å². The molecule has 0 bridgehead atoms. The van der Waals surface area contributed by atoms with Crippen molar-refractivity contribution >= 4 is 59.4 Å². The first-order chi connectivity index (χ1) is 17.8. The second-order valence-electron chi connectivity index (χ2n) is 9.96.